The third kappa shape index (κ3) is 6.85. The molecule has 0 spiro atoms. The Morgan fingerprint density at radius 2 is 2.03 bits per heavy atom. The molecule has 3 rings (SSSR count). The van der Waals surface area contributed by atoms with Gasteiger partial charge >= 0.3 is 6.09 Å². The summed E-state index contributed by atoms with van der Waals surface area (Å²) in [6, 6.07) is 8.16. The average molecular weight is 527 g/mol. The molecule has 1 aromatic carbocycles. The molecule has 2 heterocycles. The van der Waals surface area contributed by atoms with Crippen LogP contribution in [0.25, 0.3) is 5.69 Å². The zero-order valence-corrected chi connectivity index (χ0v) is 20.2. The number of nitrogens with one attached hydrogen (secondary N) is 2. The van der Waals surface area contributed by atoms with E-state index in [1.807, 2.05) is 45.0 Å². The van der Waals surface area contributed by atoms with E-state index in [0.717, 1.165) is 30.2 Å². The molecule has 1 aliphatic rings. The van der Waals surface area contributed by atoms with Gasteiger partial charge in [0.2, 0.25) is 0 Å². The van der Waals surface area contributed by atoms with Crippen molar-refractivity contribution in [3.8, 4) is 5.69 Å². The Morgan fingerprint density at radius 1 is 1.30 bits per heavy atom. The van der Waals surface area contributed by atoms with E-state index in [4.69, 9.17) is 4.74 Å². The molecule has 9 nitrogen and oxygen atoms in total. The number of nitrogens with zero attached hydrogens (tertiary/aromatic N) is 5. The van der Waals surface area contributed by atoms with Gasteiger partial charge in [0.25, 0.3) is 0 Å². The van der Waals surface area contributed by atoms with E-state index in [1.165, 1.54) is 6.33 Å². The molecule has 164 valence electrons. The van der Waals surface area contributed by atoms with E-state index < -0.39 is 5.60 Å². The van der Waals surface area contributed by atoms with E-state index in [9.17, 15) is 4.79 Å². The van der Waals surface area contributed by atoms with Crippen molar-refractivity contribution >= 4 is 36.0 Å². The van der Waals surface area contributed by atoms with Gasteiger partial charge in [0.15, 0.2) is 5.96 Å². The zero-order valence-electron chi connectivity index (χ0n) is 17.8. The molecule has 1 saturated heterocycles. The lowest BCUT2D eigenvalue weighted by atomic mass is 10.2. The van der Waals surface area contributed by atoms with Gasteiger partial charge in [0.05, 0.1) is 11.7 Å². The average Bonchev–Trinajstić information content (AvgIpc) is 3.33. The van der Waals surface area contributed by atoms with Crippen molar-refractivity contribution in [3.63, 3.8) is 0 Å². The van der Waals surface area contributed by atoms with Crippen LogP contribution in [0.2, 0.25) is 0 Å². The van der Waals surface area contributed by atoms with Gasteiger partial charge in [0.1, 0.15) is 18.3 Å². The molecule has 1 aliphatic heterocycles. The SMILES string of the molecule is CN=C(NCc1ccc(-n2cncn2)cc1)N1CCC(NC(=O)OC(C)(C)C)C1.I. The Kier molecular flexibility index (Phi) is 8.44. The second kappa shape index (κ2) is 10.6. The molecule has 0 bridgehead atoms. The molecule has 0 saturated carbocycles. The number of hydrogen-bond donors (Lipinski definition) is 2. The number of guanidine groups is 1. The molecule has 1 fully saturated rings. The molecule has 1 unspecified atom stereocenters. The number of carbonyl (C=O) groups excluding carboxylic acids is 1. The molecule has 1 amide bonds. The Balaban J connectivity index is 0.00000320. The van der Waals surface area contributed by atoms with E-state index >= 15 is 0 Å². The highest BCUT2D eigenvalue weighted by Gasteiger charge is 2.27. The molecule has 0 radical (unpaired) electrons. The van der Waals surface area contributed by atoms with Crippen molar-refractivity contribution in [1.29, 1.82) is 0 Å². The van der Waals surface area contributed by atoms with E-state index in [1.54, 1.807) is 18.1 Å². The van der Waals surface area contributed by atoms with Crippen LogP contribution in [0.3, 0.4) is 0 Å². The Morgan fingerprint density at radius 3 is 2.63 bits per heavy atom. The number of aromatic nitrogens is 3. The Hall–Kier alpha value is -2.37. The summed E-state index contributed by atoms with van der Waals surface area (Å²) in [5, 5.41) is 10.5. The molecule has 10 heteroatoms. The molecular formula is C20H30IN7O2. The number of aliphatic imine (C=N–C) groups is 1. The summed E-state index contributed by atoms with van der Waals surface area (Å²) in [6.07, 6.45) is 3.66. The first-order valence-electron chi connectivity index (χ1n) is 9.73. The van der Waals surface area contributed by atoms with Crippen LogP contribution in [0.1, 0.15) is 32.8 Å². The number of amides is 1. The van der Waals surface area contributed by atoms with Crippen LogP contribution in [-0.2, 0) is 11.3 Å². The highest BCUT2D eigenvalue weighted by Crippen LogP contribution is 2.13. The second-order valence-corrected chi connectivity index (χ2v) is 7.99. The molecule has 1 aromatic heterocycles. The smallest absolute Gasteiger partial charge is 0.407 e. The van der Waals surface area contributed by atoms with Crippen LogP contribution in [0.5, 0.6) is 0 Å². The van der Waals surface area contributed by atoms with Crippen LogP contribution in [-0.4, -0.2) is 63.5 Å². The van der Waals surface area contributed by atoms with Crippen molar-refractivity contribution < 1.29 is 9.53 Å². The predicted molar refractivity (Wildman–Crippen MR) is 126 cm³/mol. The third-order valence-corrected chi connectivity index (χ3v) is 4.49. The number of alkyl carbamates (subject to hydrolysis) is 1. The number of carbonyl (C=O) groups is 1. The number of ether oxygens (including phenoxy) is 1. The second-order valence-electron chi connectivity index (χ2n) is 7.99. The lowest BCUT2D eigenvalue weighted by Gasteiger charge is -2.23. The van der Waals surface area contributed by atoms with Gasteiger partial charge < -0.3 is 20.3 Å². The van der Waals surface area contributed by atoms with Gasteiger partial charge in [0, 0.05) is 26.7 Å². The minimum absolute atomic E-state index is 0. The number of rotatable bonds is 4. The highest BCUT2D eigenvalue weighted by molar-refractivity contribution is 14.0. The van der Waals surface area contributed by atoms with E-state index in [0.29, 0.717) is 13.1 Å². The summed E-state index contributed by atoms with van der Waals surface area (Å²) in [5.74, 6) is 0.818. The minimum Gasteiger partial charge on any atom is -0.444 e. The van der Waals surface area contributed by atoms with Crippen LogP contribution in [0.15, 0.2) is 41.9 Å². The number of likely N-dealkylation sites (tertiary alicyclic amines) is 1. The number of benzene rings is 1. The summed E-state index contributed by atoms with van der Waals surface area (Å²) in [6.45, 7) is 7.76. The fraction of sp³-hybridized carbons (Fsp3) is 0.500. The first-order chi connectivity index (χ1) is 13.8. The molecule has 0 aliphatic carbocycles. The van der Waals surface area contributed by atoms with E-state index in [-0.39, 0.29) is 36.1 Å². The summed E-state index contributed by atoms with van der Waals surface area (Å²) >= 11 is 0. The topological polar surface area (TPSA) is 96.7 Å². The lowest BCUT2D eigenvalue weighted by molar-refractivity contribution is 0.0507. The van der Waals surface area contributed by atoms with Gasteiger partial charge in [-0.25, -0.2) is 14.5 Å². The zero-order chi connectivity index (χ0) is 20.9. The Labute approximate surface area is 194 Å². The standard InChI is InChI=1S/C20H29N7O2.HI/c1-20(2,3)29-19(28)25-16-9-10-26(12-16)18(21-4)23-11-15-5-7-17(8-6-15)27-14-22-13-24-27;/h5-8,13-14,16H,9-12H2,1-4H3,(H,21,23)(H,25,28);1H. The van der Waals surface area contributed by atoms with Crippen molar-refractivity contribution in [2.45, 2.75) is 45.4 Å². The van der Waals surface area contributed by atoms with E-state index in [2.05, 4.69) is 30.6 Å². The van der Waals surface area contributed by atoms with Crippen LogP contribution in [0.4, 0.5) is 4.79 Å². The Bertz CT molecular complexity index is 832. The fourth-order valence-electron chi connectivity index (χ4n) is 3.17. The molecule has 2 N–H and O–H groups in total. The summed E-state index contributed by atoms with van der Waals surface area (Å²) in [5.41, 5.74) is 1.60. The third-order valence-electron chi connectivity index (χ3n) is 4.49. The maximum absolute atomic E-state index is 12.0. The normalized spacial score (nSPS) is 16.7. The van der Waals surface area contributed by atoms with Crippen molar-refractivity contribution in [1.82, 2.24) is 30.3 Å². The number of hydrogen-bond acceptors (Lipinski definition) is 5. The summed E-state index contributed by atoms with van der Waals surface area (Å²) in [4.78, 5) is 22.5. The molecule has 1 atom stereocenters. The summed E-state index contributed by atoms with van der Waals surface area (Å²) < 4.78 is 7.06. The molecular weight excluding hydrogens is 497 g/mol. The maximum atomic E-state index is 12.0. The van der Waals surface area contributed by atoms with Gasteiger partial charge in [-0.05, 0) is 44.9 Å². The summed E-state index contributed by atoms with van der Waals surface area (Å²) in [7, 11) is 1.77. The van der Waals surface area contributed by atoms with Crippen LogP contribution in [0, 0.1) is 0 Å². The highest BCUT2D eigenvalue weighted by atomic mass is 127. The largest absolute Gasteiger partial charge is 0.444 e. The fourth-order valence-corrected chi connectivity index (χ4v) is 3.17. The van der Waals surface area contributed by atoms with Crippen molar-refractivity contribution in [2.24, 2.45) is 4.99 Å². The van der Waals surface area contributed by atoms with Crippen LogP contribution < -0.4 is 10.6 Å². The van der Waals surface area contributed by atoms with Gasteiger partial charge in [-0.3, -0.25) is 4.99 Å². The predicted octanol–water partition coefficient (Wildman–Crippen LogP) is 2.56. The van der Waals surface area contributed by atoms with Crippen molar-refractivity contribution in [2.75, 3.05) is 20.1 Å². The van der Waals surface area contributed by atoms with Crippen molar-refractivity contribution in [3.05, 3.63) is 42.5 Å². The molecule has 30 heavy (non-hydrogen) atoms. The van der Waals surface area contributed by atoms with Crippen LogP contribution >= 0.6 is 24.0 Å². The lowest BCUT2D eigenvalue weighted by Crippen LogP contribution is -2.44. The monoisotopic (exact) mass is 527 g/mol. The first kappa shape index (κ1) is 23.9. The van der Waals surface area contributed by atoms with Gasteiger partial charge in [-0.1, -0.05) is 12.1 Å². The molecule has 2 aromatic rings. The quantitative estimate of drug-likeness (QED) is 0.361. The van der Waals surface area contributed by atoms with Gasteiger partial charge in [-0.15, -0.1) is 24.0 Å². The van der Waals surface area contributed by atoms with Gasteiger partial charge in [-0.2, -0.15) is 5.10 Å². The minimum atomic E-state index is -0.497. The first-order valence-corrected chi connectivity index (χ1v) is 9.73. The maximum Gasteiger partial charge on any atom is 0.407 e. The number of halogens is 1.